The number of nitrogens with zero attached hydrogens (tertiary/aromatic N) is 1. The van der Waals surface area contributed by atoms with E-state index in [-0.39, 0.29) is 11.5 Å². The Labute approximate surface area is 194 Å². The maximum Gasteiger partial charge on any atom is 0.266 e. The van der Waals surface area contributed by atoms with Crippen molar-refractivity contribution in [3.8, 4) is 17.2 Å². The molecule has 0 aliphatic heterocycles. The summed E-state index contributed by atoms with van der Waals surface area (Å²) in [6.07, 6.45) is 0.394. The Bertz CT molecular complexity index is 1390. The largest absolute Gasteiger partial charge is 0.495 e. The van der Waals surface area contributed by atoms with Crippen molar-refractivity contribution >= 4 is 33.1 Å². The van der Waals surface area contributed by atoms with Crippen molar-refractivity contribution in [2.45, 2.75) is 13.3 Å². The lowest BCUT2D eigenvalue weighted by Crippen LogP contribution is -2.14. The van der Waals surface area contributed by atoms with Crippen LogP contribution in [0.25, 0.3) is 10.2 Å². The lowest BCUT2D eigenvalue weighted by molar-refractivity contribution is 0.102. The van der Waals surface area contributed by atoms with Gasteiger partial charge >= 0.3 is 0 Å². The first-order valence-electron chi connectivity index (χ1n) is 10.1. The monoisotopic (exact) mass is 465 g/mol. The number of rotatable bonds is 7. The second-order valence-electron chi connectivity index (χ2n) is 7.27. The highest BCUT2D eigenvalue weighted by molar-refractivity contribution is 7.20. The number of amides is 1. The molecule has 4 rings (SSSR count). The molecule has 2 aromatic heterocycles. The number of methoxy groups -OCH3 is 3. The topological polar surface area (TPSA) is 103 Å². The molecule has 8 nitrogen and oxygen atoms in total. The number of hydrogen-bond donors (Lipinski definition) is 2. The van der Waals surface area contributed by atoms with Crippen LogP contribution in [-0.4, -0.2) is 37.2 Å². The summed E-state index contributed by atoms with van der Waals surface area (Å²) in [4.78, 5) is 34.2. The van der Waals surface area contributed by atoms with Crippen LogP contribution in [0.1, 0.15) is 26.6 Å². The van der Waals surface area contributed by atoms with Crippen LogP contribution in [0.4, 0.5) is 5.69 Å². The standard InChI is InChI=1S/C24H23N3O5S/c1-13-20-22(28)26-19(12-14-9-10-17(31-3)18(11-14)32-4)27-24(20)33-21(13)23(29)25-15-7-5-6-8-16(15)30-2/h5-11H,12H2,1-4H3,(H,25,29)(H,26,27,28). The molecule has 0 unspecified atom stereocenters. The van der Waals surface area contributed by atoms with E-state index >= 15 is 0 Å². The summed E-state index contributed by atoms with van der Waals surface area (Å²) in [5, 5.41) is 3.28. The lowest BCUT2D eigenvalue weighted by atomic mass is 10.1. The fourth-order valence-corrected chi connectivity index (χ4v) is 4.70. The van der Waals surface area contributed by atoms with Gasteiger partial charge in [0.05, 0.1) is 37.3 Å². The highest BCUT2D eigenvalue weighted by Gasteiger charge is 2.20. The zero-order valence-corrected chi connectivity index (χ0v) is 19.5. The number of fused-ring (bicyclic) bond motifs is 1. The molecule has 1 amide bonds. The van der Waals surface area contributed by atoms with Gasteiger partial charge in [-0.05, 0) is 42.3 Å². The molecule has 0 aliphatic rings. The Hall–Kier alpha value is -3.85. The summed E-state index contributed by atoms with van der Waals surface area (Å²) in [6.45, 7) is 1.75. The fraction of sp³-hybridized carbons (Fsp3) is 0.208. The summed E-state index contributed by atoms with van der Waals surface area (Å²) >= 11 is 1.19. The van der Waals surface area contributed by atoms with Crippen molar-refractivity contribution < 1.29 is 19.0 Å². The van der Waals surface area contributed by atoms with Gasteiger partial charge in [0, 0.05) is 6.42 Å². The van der Waals surface area contributed by atoms with Crippen molar-refractivity contribution in [1.29, 1.82) is 0 Å². The minimum absolute atomic E-state index is 0.277. The molecule has 2 heterocycles. The molecule has 0 fully saturated rings. The number of nitrogens with one attached hydrogen (secondary N) is 2. The summed E-state index contributed by atoms with van der Waals surface area (Å²) in [7, 11) is 4.68. The van der Waals surface area contributed by atoms with E-state index in [1.807, 2.05) is 24.3 Å². The highest BCUT2D eigenvalue weighted by atomic mass is 32.1. The molecule has 0 saturated carbocycles. The zero-order chi connectivity index (χ0) is 23.5. The SMILES string of the molecule is COc1ccccc1NC(=O)c1sc2nc(Cc3ccc(OC)c(OC)c3)[nH]c(=O)c2c1C. The number of benzene rings is 2. The smallest absolute Gasteiger partial charge is 0.266 e. The average molecular weight is 466 g/mol. The molecule has 4 aromatic rings. The number of anilines is 1. The molecule has 2 N–H and O–H groups in total. The number of thiophene rings is 1. The second kappa shape index (κ2) is 9.33. The molecule has 0 radical (unpaired) electrons. The first-order valence-corrected chi connectivity index (χ1v) is 10.9. The number of para-hydroxylation sites is 2. The Morgan fingerprint density at radius 3 is 2.48 bits per heavy atom. The number of H-pyrrole nitrogens is 1. The van der Waals surface area contributed by atoms with E-state index in [1.165, 1.54) is 11.3 Å². The predicted molar refractivity (Wildman–Crippen MR) is 128 cm³/mol. The molecule has 0 atom stereocenters. The van der Waals surface area contributed by atoms with Gasteiger partial charge in [-0.15, -0.1) is 11.3 Å². The second-order valence-corrected chi connectivity index (χ2v) is 8.27. The lowest BCUT2D eigenvalue weighted by Gasteiger charge is -2.09. The third-order valence-corrected chi connectivity index (χ3v) is 6.41. The zero-order valence-electron chi connectivity index (χ0n) is 18.6. The highest BCUT2D eigenvalue weighted by Crippen LogP contribution is 2.31. The molecule has 0 saturated heterocycles. The van der Waals surface area contributed by atoms with Gasteiger partial charge in [-0.3, -0.25) is 9.59 Å². The molecule has 0 aliphatic carbocycles. The molecular formula is C24H23N3O5S. The van der Waals surface area contributed by atoms with E-state index in [4.69, 9.17) is 14.2 Å². The average Bonchev–Trinajstić information content (AvgIpc) is 3.16. The van der Waals surface area contributed by atoms with E-state index < -0.39 is 0 Å². The van der Waals surface area contributed by atoms with Crippen LogP contribution >= 0.6 is 11.3 Å². The van der Waals surface area contributed by atoms with Crippen molar-refractivity contribution in [3.05, 3.63) is 74.6 Å². The summed E-state index contributed by atoms with van der Waals surface area (Å²) < 4.78 is 15.9. The summed E-state index contributed by atoms with van der Waals surface area (Å²) in [6, 6.07) is 12.7. The Morgan fingerprint density at radius 2 is 1.76 bits per heavy atom. The number of aromatic amines is 1. The van der Waals surface area contributed by atoms with E-state index in [0.717, 1.165) is 5.56 Å². The number of aromatic nitrogens is 2. The fourth-order valence-electron chi connectivity index (χ4n) is 3.60. The van der Waals surface area contributed by atoms with Crippen LogP contribution in [-0.2, 0) is 6.42 Å². The van der Waals surface area contributed by atoms with Crippen molar-refractivity contribution in [2.24, 2.45) is 0 Å². The van der Waals surface area contributed by atoms with Crippen molar-refractivity contribution in [3.63, 3.8) is 0 Å². The molecule has 33 heavy (non-hydrogen) atoms. The molecule has 0 spiro atoms. The molecule has 170 valence electrons. The van der Waals surface area contributed by atoms with Gasteiger partial charge in [0.25, 0.3) is 11.5 Å². The normalized spacial score (nSPS) is 10.8. The van der Waals surface area contributed by atoms with Crippen LogP contribution in [0.2, 0.25) is 0 Å². The van der Waals surface area contributed by atoms with Crippen LogP contribution < -0.4 is 25.1 Å². The Morgan fingerprint density at radius 1 is 1.03 bits per heavy atom. The van der Waals surface area contributed by atoms with Gasteiger partial charge in [0.15, 0.2) is 11.5 Å². The third-order valence-electron chi connectivity index (χ3n) is 5.23. The van der Waals surface area contributed by atoms with E-state index in [1.54, 1.807) is 46.5 Å². The number of ether oxygens (including phenoxy) is 3. The van der Waals surface area contributed by atoms with Gasteiger partial charge in [-0.2, -0.15) is 0 Å². The van der Waals surface area contributed by atoms with Gasteiger partial charge < -0.3 is 24.5 Å². The van der Waals surface area contributed by atoms with Gasteiger partial charge in [-0.25, -0.2) is 4.98 Å². The molecule has 0 bridgehead atoms. The van der Waals surface area contributed by atoms with Crippen LogP contribution in [0.15, 0.2) is 47.3 Å². The summed E-state index contributed by atoms with van der Waals surface area (Å²) in [5.41, 5.74) is 1.77. The van der Waals surface area contributed by atoms with E-state index in [9.17, 15) is 9.59 Å². The third kappa shape index (κ3) is 4.40. The number of aryl methyl sites for hydroxylation is 1. The van der Waals surface area contributed by atoms with Crippen molar-refractivity contribution in [1.82, 2.24) is 9.97 Å². The van der Waals surface area contributed by atoms with Crippen LogP contribution in [0.5, 0.6) is 17.2 Å². The van der Waals surface area contributed by atoms with Crippen LogP contribution in [0.3, 0.4) is 0 Å². The minimum atomic E-state index is -0.319. The van der Waals surface area contributed by atoms with Crippen LogP contribution in [0, 0.1) is 6.92 Å². The summed E-state index contributed by atoms with van der Waals surface area (Å²) in [5.74, 6) is 1.95. The molecule has 9 heteroatoms. The maximum atomic E-state index is 13.0. The molecule has 2 aromatic carbocycles. The van der Waals surface area contributed by atoms with Gasteiger partial charge in [-0.1, -0.05) is 18.2 Å². The Balaban J connectivity index is 1.66. The first-order chi connectivity index (χ1) is 15.9. The first kappa shape index (κ1) is 22.3. The van der Waals surface area contributed by atoms with Gasteiger partial charge in [0.1, 0.15) is 16.4 Å². The number of hydrogen-bond acceptors (Lipinski definition) is 7. The molecular weight excluding hydrogens is 442 g/mol. The van der Waals surface area contributed by atoms with Gasteiger partial charge in [0.2, 0.25) is 0 Å². The minimum Gasteiger partial charge on any atom is -0.495 e. The van der Waals surface area contributed by atoms with Crippen molar-refractivity contribution in [2.75, 3.05) is 26.6 Å². The maximum absolute atomic E-state index is 13.0. The Kier molecular flexibility index (Phi) is 6.32. The number of carbonyl (C=O) groups is 1. The van der Waals surface area contributed by atoms with E-state index in [0.29, 0.717) is 55.8 Å². The number of carbonyl (C=O) groups excluding carboxylic acids is 1. The van der Waals surface area contributed by atoms with E-state index in [2.05, 4.69) is 15.3 Å². The predicted octanol–water partition coefficient (Wildman–Crippen LogP) is 4.16. The quantitative estimate of drug-likeness (QED) is 0.425.